The van der Waals surface area contributed by atoms with E-state index in [0.29, 0.717) is 5.92 Å². The lowest BCUT2D eigenvalue weighted by atomic mass is 9.93. The Hall–Kier alpha value is -1.36. The van der Waals surface area contributed by atoms with Crippen molar-refractivity contribution in [2.24, 2.45) is 5.92 Å². The molecule has 0 radical (unpaired) electrons. The van der Waals surface area contributed by atoms with Crippen LogP contribution in [-0.4, -0.2) is 47.2 Å². The first-order valence-corrected chi connectivity index (χ1v) is 8.47. The van der Waals surface area contributed by atoms with E-state index in [9.17, 15) is 4.79 Å². The molecule has 22 heavy (non-hydrogen) atoms. The number of piperidine rings is 1. The fraction of sp³-hybridized carbons (Fsp3) is 0.765. The van der Waals surface area contributed by atoms with Gasteiger partial charge in [0.25, 0.3) is 0 Å². The molecule has 5 nitrogen and oxygen atoms in total. The van der Waals surface area contributed by atoms with E-state index in [1.54, 1.807) is 7.11 Å². The van der Waals surface area contributed by atoms with Crippen LogP contribution in [0.3, 0.4) is 0 Å². The third-order valence-electron chi connectivity index (χ3n) is 5.02. The molecule has 0 N–H and O–H groups in total. The highest BCUT2D eigenvalue weighted by atomic mass is 16.5. The monoisotopic (exact) mass is 305 g/mol. The molecule has 0 aromatic carbocycles. The summed E-state index contributed by atoms with van der Waals surface area (Å²) in [4.78, 5) is 18.3. The van der Waals surface area contributed by atoms with Crippen molar-refractivity contribution in [1.29, 1.82) is 0 Å². The van der Waals surface area contributed by atoms with Crippen molar-refractivity contribution in [3.63, 3.8) is 0 Å². The van der Waals surface area contributed by atoms with Gasteiger partial charge in [-0.2, -0.15) is 0 Å². The Kier molecular flexibility index (Phi) is 4.81. The molecular weight excluding hydrogens is 278 g/mol. The van der Waals surface area contributed by atoms with Crippen molar-refractivity contribution in [3.05, 3.63) is 17.7 Å². The number of amides is 1. The lowest BCUT2D eigenvalue weighted by molar-refractivity contribution is -0.136. The van der Waals surface area contributed by atoms with Crippen LogP contribution in [0.25, 0.3) is 0 Å². The quantitative estimate of drug-likeness (QED) is 0.810. The van der Waals surface area contributed by atoms with Crippen LogP contribution in [0.2, 0.25) is 0 Å². The number of rotatable bonds is 6. The molecule has 0 atom stereocenters. The van der Waals surface area contributed by atoms with Gasteiger partial charge >= 0.3 is 0 Å². The number of aromatic nitrogens is 2. The summed E-state index contributed by atoms with van der Waals surface area (Å²) in [5, 5.41) is 0. The van der Waals surface area contributed by atoms with Crippen LogP contribution < -0.4 is 0 Å². The molecular formula is C17H27N3O2. The topological polar surface area (TPSA) is 47.4 Å². The Morgan fingerprint density at radius 1 is 1.32 bits per heavy atom. The van der Waals surface area contributed by atoms with Gasteiger partial charge in [-0.05, 0) is 44.9 Å². The van der Waals surface area contributed by atoms with E-state index in [1.165, 1.54) is 30.8 Å². The summed E-state index contributed by atoms with van der Waals surface area (Å²) in [5.41, 5.74) is 1.29. The predicted molar refractivity (Wildman–Crippen MR) is 84.7 cm³/mol. The first kappa shape index (κ1) is 15.5. The molecule has 1 aliphatic carbocycles. The maximum absolute atomic E-state index is 11.8. The Bertz CT molecular complexity index is 514. The summed E-state index contributed by atoms with van der Waals surface area (Å²) in [6.07, 6.45) is 8.04. The zero-order chi connectivity index (χ0) is 15.5. The molecule has 1 aromatic rings. The van der Waals surface area contributed by atoms with Gasteiger partial charge in [0.2, 0.25) is 5.91 Å². The van der Waals surface area contributed by atoms with Gasteiger partial charge in [0, 0.05) is 44.6 Å². The highest BCUT2D eigenvalue weighted by Crippen LogP contribution is 2.39. The van der Waals surface area contributed by atoms with Crippen LogP contribution in [0.5, 0.6) is 0 Å². The van der Waals surface area contributed by atoms with Crippen molar-refractivity contribution < 1.29 is 9.53 Å². The normalized spacial score (nSPS) is 19.6. The highest BCUT2D eigenvalue weighted by Gasteiger charge is 2.29. The number of likely N-dealkylation sites (tertiary alicyclic amines) is 1. The van der Waals surface area contributed by atoms with Crippen molar-refractivity contribution in [3.8, 4) is 0 Å². The summed E-state index contributed by atoms with van der Waals surface area (Å²) >= 11 is 0. The van der Waals surface area contributed by atoms with E-state index in [-0.39, 0.29) is 12.5 Å². The van der Waals surface area contributed by atoms with E-state index in [2.05, 4.69) is 16.5 Å². The molecule has 122 valence electrons. The minimum absolute atomic E-state index is 0.127. The van der Waals surface area contributed by atoms with Crippen molar-refractivity contribution in [2.75, 3.05) is 26.8 Å². The molecule has 2 aliphatic rings. The number of ether oxygens (including phenoxy) is 1. The fourth-order valence-electron chi connectivity index (χ4n) is 3.44. The van der Waals surface area contributed by atoms with Crippen LogP contribution in [0, 0.1) is 12.8 Å². The second-order valence-electron chi connectivity index (χ2n) is 6.73. The molecule has 1 aromatic heterocycles. The maximum atomic E-state index is 11.8. The molecule has 0 bridgehead atoms. The largest absolute Gasteiger partial charge is 0.375 e. The third-order valence-corrected chi connectivity index (χ3v) is 5.02. The van der Waals surface area contributed by atoms with E-state index in [0.717, 1.165) is 38.4 Å². The fourth-order valence-corrected chi connectivity index (χ4v) is 3.44. The van der Waals surface area contributed by atoms with Crippen LogP contribution in [-0.2, 0) is 16.1 Å². The first-order valence-electron chi connectivity index (χ1n) is 8.47. The lowest BCUT2D eigenvalue weighted by Gasteiger charge is -2.32. The van der Waals surface area contributed by atoms with Gasteiger partial charge in [0.05, 0.1) is 0 Å². The summed E-state index contributed by atoms with van der Waals surface area (Å²) in [6.45, 7) is 5.21. The minimum Gasteiger partial charge on any atom is -0.375 e. The molecule has 2 fully saturated rings. The number of aryl methyl sites for hydroxylation is 1. The molecule has 1 amide bonds. The van der Waals surface area contributed by atoms with Crippen molar-refractivity contribution in [2.45, 2.75) is 51.5 Å². The SMILES string of the molecule is COCC(=O)N1CCC(CCn2c(C)cnc2C2CC2)CC1. The van der Waals surface area contributed by atoms with Crippen LogP contribution in [0.1, 0.15) is 49.5 Å². The zero-order valence-electron chi connectivity index (χ0n) is 13.8. The Morgan fingerprint density at radius 3 is 2.68 bits per heavy atom. The Morgan fingerprint density at radius 2 is 2.05 bits per heavy atom. The van der Waals surface area contributed by atoms with E-state index in [1.807, 2.05) is 11.1 Å². The number of imidazole rings is 1. The minimum atomic E-state index is 0.127. The molecule has 1 aliphatic heterocycles. The molecule has 1 saturated heterocycles. The second kappa shape index (κ2) is 6.82. The molecule has 1 saturated carbocycles. The number of hydrogen-bond acceptors (Lipinski definition) is 3. The van der Waals surface area contributed by atoms with Crippen molar-refractivity contribution >= 4 is 5.91 Å². The van der Waals surface area contributed by atoms with Gasteiger partial charge in [-0.25, -0.2) is 4.98 Å². The van der Waals surface area contributed by atoms with E-state index < -0.39 is 0 Å². The maximum Gasteiger partial charge on any atom is 0.248 e. The zero-order valence-corrected chi connectivity index (χ0v) is 13.8. The molecule has 0 spiro atoms. The average Bonchev–Trinajstić information content (AvgIpc) is 3.30. The Balaban J connectivity index is 1.47. The third kappa shape index (κ3) is 3.51. The average molecular weight is 305 g/mol. The number of carbonyl (C=O) groups excluding carboxylic acids is 1. The predicted octanol–water partition coefficient (Wildman–Crippen LogP) is 2.34. The van der Waals surface area contributed by atoms with Gasteiger partial charge in [0.15, 0.2) is 0 Å². The van der Waals surface area contributed by atoms with Gasteiger partial charge < -0.3 is 14.2 Å². The highest BCUT2D eigenvalue weighted by molar-refractivity contribution is 5.77. The lowest BCUT2D eigenvalue weighted by Crippen LogP contribution is -2.40. The van der Waals surface area contributed by atoms with Gasteiger partial charge in [-0.1, -0.05) is 0 Å². The number of nitrogens with zero attached hydrogens (tertiary/aromatic N) is 3. The molecule has 5 heteroatoms. The number of hydrogen-bond donors (Lipinski definition) is 0. The number of methoxy groups -OCH3 is 1. The van der Waals surface area contributed by atoms with E-state index in [4.69, 9.17) is 4.74 Å². The van der Waals surface area contributed by atoms with Gasteiger partial charge in [-0.3, -0.25) is 4.79 Å². The van der Waals surface area contributed by atoms with Crippen LogP contribution >= 0.6 is 0 Å². The van der Waals surface area contributed by atoms with Crippen LogP contribution in [0.15, 0.2) is 6.20 Å². The smallest absolute Gasteiger partial charge is 0.248 e. The Labute approximate surface area is 132 Å². The van der Waals surface area contributed by atoms with Gasteiger partial charge in [-0.15, -0.1) is 0 Å². The second-order valence-corrected chi connectivity index (χ2v) is 6.73. The van der Waals surface area contributed by atoms with Gasteiger partial charge in [0.1, 0.15) is 12.4 Å². The summed E-state index contributed by atoms with van der Waals surface area (Å²) in [6, 6.07) is 0. The number of carbonyl (C=O) groups is 1. The summed E-state index contributed by atoms with van der Waals surface area (Å²) in [7, 11) is 1.58. The standard InChI is InChI=1S/C17H27N3O2/c1-13-11-18-17(15-3-4-15)20(13)10-7-14-5-8-19(9-6-14)16(21)12-22-2/h11,14-15H,3-10,12H2,1-2H3. The first-order chi connectivity index (χ1) is 10.7. The molecule has 0 unspecified atom stereocenters. The summed E-state index contributed by atoms with van der Waals surface area (Å²) in [5.74, 6) is 2.86. The molecule has 3 rings (SSSR count). The summed E-state index contributed by atoms with van der Waals surface area (Å²) < 4.78 is 7.35. The van der Waals surface area contributed by atoms with Crippen molar-refractivity contribution in [1.82, 2.24) is 14.5 Å². The van der Waals surface area contributed by atoms with E-state index >= 15 is 0 Å². The molecule has 2 heterocycles. The van der Waals surface area contributed by atoms with Crippen LogP contribution in [0.4, 0.5) is 0 Å².